The maximum atomic E-state index is 12.1. The zero-order chi connectivity index (χ0) is 39.0. The van der Waals surface area contributed by atoms with Crippen LogP contribution in [-0.4, -0.2) is 112 Å². The summed E-state index contributed by atoms with van der Waals surface area (Å²) in [5, 5.41) is 24.4. The van der Waals surface area contributed by atoms with Crippen molar-refractivity contribution >= 4 is 30.2 Å². The van der Waals surface area contributed by atoms with Crippen molar-refractivity contribution in [2.75, 3.05) is 26.9 Å². The Morgan fingerprint density at radius 1 is 0.807 bits per heavy atom. The summed E-state index contributed by atoms with van der Waals surface area (Å²) in [6.45, 7) is 1.02. The van der Waals surface area contributed by atoms with Crippen LogP contribution in [0.2, 0.25) is 0 Å². The molecule has 2 saturated heterocycles. The van der Waals surface area contributed by atoms with Gasteiger partial charge in [-0.3, -0.25) is 0 Å². The number of hydrogen-bond acceptors (Lipinski definition) is 10. The fourth-order valence-corrected chi connectivity index (χ4v) is 10.3. The number of aliphatic hydroxyl groups is 2. The van der Waals surface area contributed by atoms with Crippen molar-refractivity contribution in [2.24, 2.45) is 0 Å². The van der Waals surface area contributed by atoms with Crippen LogP contribution in [0.3, 0.4) is 0 Å². The predicted molar refractivity (Wildman–Crippen MR) is 216 cm³/mol. The van der Waals surface area contributed by atoms with Gasteiger partial charge in [-0.15, -0.1) is 0 Å². The predicted octanol–water partition coefficient (Wildman–Crippen LogP) is 5.55. The van der Waals surface area contributed by atoms with E-state index in [1.807, 2.05) is 66.7 Å². The maximum absolute atomic E-state index is 12.1. The molecule has 0 spiro atoms. The molecule has 4 aliphatic rings. The van der Waals surface area contributed by atoms with Crippen LogP contribution in [0.4, 0.5) is 0 Å². The van der Waals surface area contributed by atoms with Gasteiger partial charge in [-0.1, -0.05) is 6.07 Å². The fourth-order valence-electron chi connectivity index (χ4n) is 8.04. The van der Waals surface area contributed by atoms with Crippen molar-refractivity contribution in [3.05, 3.63) is 132 Å². The monoisotopic (exact) mass is 844 g/mol. The molecule has 0 saturated carbocycles. The first kappa shape index (κ1) is 40.4. The third-order valence-corrected chi connectivity index (χ3v) is 13.3. The topological polar surface area (TPSA) is 114 Å². The van der Waals surface area contributed by atoms with Gasteiger partial charge in [0, 0.05) is 0 Å². The van der Waals surface area contributed by atoms with Crippen LogP contribution in [0.1, 0.15) is 43.1 Å². The van der Waals surface area contributed by atoms with E-state index < -0.39 is 36.8 Å². The molecule has 4 aromatic carbocycles. The van der Waals surface area contributed by atoms with Crippen molar-refractivity contribution < 1.29 is 48.1 Å². The molecule has 11 atom stereocenters. The molecule has 0 radical (unpaired) electrons. The van der Waals surface area contributed by atoms with Gasteiger partial charge < -0.3 is 4.74 Å². The molecule has 10 nitrogen and oxygen atoms in total. The van der Waals surface area contributed by atoms with Crippen LogP contribution in [0.25, 0.3) is 10.8 Å². The van der Waals surface area contributed by atoms with Crippen LogP contribution < -0.4 is 9.20 Å². The first-order valence-corrected chi connectivity index (χ1v) is 21.8. The molecule has 302 valence electrons. The number of fused-ring (bicyclic) bond motifs is 3. The minimum atomic E-state index is -0.958. The van der Waals surface area contributed by atoms with E-state index in [0.29, 0.717) is 45.5 Å². The van der Waals surface area contributed by atoms with Gasteiger partial charge >= 0.3 is 318 Å². The van der Waals surface area contributed by atoms with E-state index in [1.54, 1.807) is 7.11 Å². The molecule has 0 bridgehead atoms. The average molecular weight is 844 g/mol. The number of methoxy groups -OCH3 is 1. The fraction of sp³-hybridized carbons (Fsp3) is 0.435. The Bertz CT molecular complexity index is 1920. The van der Waals surface area contributed by atoms with E-state index in [-0.39, 0.29) is 51.0 Å². The SMILES string of the molecule is COc1ccc([C@@H]2OC[C@H]3O[C@@H](CCO)[C@H](OC(C[C@H]4O[C@H]5CC=CCO[C@@H]5[C@@H](OCc5ccc6ccccc6c5)[C@@H]4O)[Se]c4ccccc4)C/C=C\[C@@H]3O2)cc1. The van der Waals surface area contributed by atoms with E-state index in [2.05, 4.69) is 54.6 Å². The van der Waals surface area contributed by atoms with Gasteiger partial charge in [0.2, 0.25) is 0 Å². The van der Waals surface area contributed by atoms with Crippen LogP contribution in [0.5, 0.6) is 5.75 Å². The molecule has 0 amide bonds. The first-order chi connectivity index (χ1) is 28.0. The minimum absolute atomic E-state index is 0.0619. The Morgan fingerprint density at radius 2 is 1.61 bits per heavy atom. The van der Waals surface area contributed by atoms with Gasteiger partial charge in [0.05, 0.1) is 7.11 Å². The number of benzene rings is 4. The van der Waals surface area contributed by atoms with Gasteiger partial charge in [0.25, 0.3) is 0 Å². The van der Waals surface area contributed by atoms with Crippen molar-refractivity contribution in [3.63, 3.8) is 0 Å². The third kappa shape index (κ3) is 10.1. The second kappa shape index (κ2) is 19.6. The Morgan fingerprint density at radius 3 is 2.44 bits per heavy atom. The van der Waals surface area contributed by atoms with Crippen LogP contribution in [-0.2, 0) is 39.8 Å². The summed E-state index contributed by atoms with van der Waals surface area (Å²) in [7, 11) is 1.64. The zero-order valence-corrected chi connectivity index (χ0v) is 33.8. The number of ether oxygens (including phenoxy) is 8. The van der Waals surface area contributed by atoms with Gasteiger partial charge in [0.1, 0.15) is 5.75 Å². The zero-order valence-electron chi connectivity index (χ0n) is 32.1. The van der Waals surface area contributed by atoms with E-state index in [1.165, 1.54) is 9.85 Å². The summed E-state index contributed by atoms with van der Waals surface area (Å²) in [6, 6.07) is 32.6. The summed E-state index contributed by atoms with van der Waals surface area (Å²) in [4.78, 5) is 0. The molecule has 1 unspecified atom stereocenters. The van der Waals surface area contributed by atoms with Gasteiger partial charge in [-0.25, -0.2) is 0 Å². The molecule has 57 heavy (non-hydrogen) atoms. The van der Waals surface area contributed by atoms with Crippen LogP contribution in [0, 0.1) is 0 Å². The Balaban J connectivity index is 0.998. The summed E-state index contributed by atoms with van der Waals surface area (Å²) in [6.07, 6.45) is 5.35. The normalized spacial score (nSPS) is 31.3. The van der Waals surface area contributed by atoms with E-state index in [9.17, 15) is 10.2 Å². The Kier molecular flexibility index (Phi) is 13.8. The van der Waals surface area contributed by atoms with Crippen molar-refractivity contribution in [1.29, 1.82) is 0 Å². The standard InChI is InChI=1S/C46H52O10Se/c1-49-34-21-19-32(20-22-34)46-52-29-41-37(56-46)16-9-15-36(38(53-41)23-24-47)55-42(57-35-12-3-2-4-13-35)27-40-43(48)45(44-39(54-40)14-7-8-25-50-44)51-28-30-17-18-31-10-5-6-11-33(31)26-30/h2-13,16-22,26,36-48H,14-15,23-25,27-29H2,1H3/b16-9-/t36-,37+,38+,39+,40-,41-,42?,43-,44+,45+,46-/m1/s1. The van der Waals surface area contributed by atoms with Gasteiger partial charge in [0.15, 0.2) is 0 Å². The molecule has 8 rings (SSSR count). The second-order valence-electron chi connectivity index (χ2n) is 14.9. The summed E-state index contributed by atoms with van der Waals surface area (Å²) >= 11 is -0.149. The number of aliphatic hydroxyl groups excluding tert-OH is 2. The second-order valence-corrected chi connectivity index (χ2v) is 17.5. The first-order valence-electron chi connectivity index (χ1n) is 19.9. The summed E-state index contributed by atoms with van der Waals surface area (Å²) < 4.78 is 52.5. The number of rotatable bonds is 13. The molecule has 4 aromatic rings. The Hall–Kier alpha value is -3.42. The molecule has 0 aromatic heterocycles. The van der Waals surface area contributed by atoms with E-state index in [4.69, 9.17) is 37.9 Å². The number of hydrogen-bond donors (Lipinski definition) is 2. The van der Waals surface area contributed by atoms with Gasteiger partial charge in [-0.2, -0.15) is 0 Å². The molecule has 4 aliphatic heterocycles. The van der Waals surface area contributed by atoms with Gasteiger partial charge in [-0.05, 0) is 0 Å². The molecule has 2 fully saturated rings. The van der Waals surface area contributed by atoms with Crippen molar-refractivity contribution in [2.45, 2.75) is 98.5 Å². The molecular formula is C46H52O10Se. The van der Waals surface area contributed by atoms with Crippen LogP contribution in [0.15, 0.2) is 121 Å². The molecular weight excluding hydrogens is 791 g/mol. The van der Waals surface area contributed by atoms with E-state index >= 15 is 0 Å². The quantitative estimate of drug-likeness (QED) is 0.131. The van der Waals surface area contributed by atoms with Crippen LogP contribution >= 0.6 is 0 Å². The third-order valence-electron chi connectivity index (χ3n) is 11.0. The average Bonchev–Trinajstić information content (AvgIpc) is 3.48. The summed E-state index contributed by atoms with van der Waals surface area (Å²) in [5.41, 5.74) is 1.93. The Labute approximate surface area is 340 Å². The molecule has 4 heterocycles. The van der Waals surface area contributed by atoms with E-state index in [0.717, 1.165) is 22.3 Å². The van der Waals surface area contributed by atoms with Crippen molar-refractivity contribution in [1.82, 2.24) is 0 Å². The molecule has 0 aliphatic carbocycles. The molecule has 2 N–H and O–H groups in total. The van der Waals surface area contributed by atoms with Crippen molar-refractivity contribution in [3.8, 4) is 5.75 Å². The molecule has 11 heteroatoms. The summed E-state index contributed by atoms with van der Waals surface area (Å²) in [5.74, 6) is 0.765.